The van der Waals surface area contributed by atoms with Crippen LogP contribution in [0.15, 0.2) is 23.1 Å². The lowest BCUT2D eigenvalue weighted by Crippen LogP contribution is -1.90. The number of hydrogen-bond acceptors (Lipinski definition) is 2. The molecule has 0 aromatic heterocycles. The Morgan fingerprint density at radius 3 is 2.58 bits per heavy atom. The molecule has 2 heteroatoms. The molecule has 0 heterocycles. The van der Waals surface area contributed by atoms with Crippen LogP contribution < -0.4 is 0 Å². The van der Waals surface area contributed by atoms with Crippen LogP contribution >= 0.6 is 11.8 Å². The molecule has 0 aromatic rings. The molecule has 1 N–H and O–H groups in total. The molecule has 0 saturated heterocycles. The highest BCUT2D eigenvalue weighted by atomic mass is 32.2. The van der Waals surface area contributed by atoms with E-state index < -0.39 is 0 Å². The fraction of sp³-hybridized carbons (Fsp3) is 0.500. The average molecular weight is 183 g/mol. The highest BCUT2D eigenvalue weighted by Gasteiger charge is 1.92. The molecule has 0 saturated carbocycles. The number of nitrogens with one attached hydrogen (secondary N) is 1. The molecule has 68 valence electrons. The van der Waals surface area contributed by atoms with Gasteiger partial charge >= 0.3 is 0 Å². The minimum atomic E-state index is 0.636. The summed E-state index contributed by atoms with van der Waals surface area (Å²) in [7, 11) is 0. The van der Waals surface area contributed by atoms with Crippen LogP contribution in [0.5, 0.6) is 0 Å². The molecule has 0 spiro atoms. The summed E-state index contributed by atoms with van der Waals surface area (Å²) in [5.41, 5.74) is 1.66. The number of allylic oxidation sites excluding steroid dienone is 3. The smallest absolute Gasteiger partial charge is 0.0360 e. The molecule has 0 fully saturated rings. The van der Waals surface area contributed by atoms with E-state index in [0.29, 0.717) is 5.71 Å². The zero-order valence-electron chi connectivity index (χ0n) is 8.05. The molecule has 0 amide bonds. The van der Waals surface area contributed by atoms with E-state index >= 15 is 0 Å². The van der Waals surface area contributed by atoms with E-state index in [4.69, 9.17) is 5.41 Å². The summed E-state index contributed by atoms with van der Waals surface area (Å²) in [6, 6.07) is 0. The van der Waals surface area contributed by atoms with Gasteiger partial charge in [0.05, 0.1) is 0 Å². The fourth-order valence-corrected chi connectivity index (χ4v) is 1.27. The minimum Gasteiger partial charge on any atom is -0.305 e. The predicted octanol–water partition coefficient (Wildman–Crippen LogP) is 3.63. The van der Waals surface area contributed by atoms with Crippen molar-refractivity contribution in [2.24, 2.45) is 0 Å². The summed E-state index contributed by atoms with van der Waals surface area (Å²) < 4.78 is 0. The monoisotopic (exact) mass is 183 g/mol. The highest BCUT2D eigenvalue weighted by molar-refractivity contribution is 8.01. The van der Waals surface area contributed by atoms with Crippen molar-refractivity contribution in [2.45, 2.75) is 26.7 Å². The van der Waals surface area contributed by atoms with Gasteiger partial charge in [0, 0.05) is 11.3 Å². The Hall–Kier alpha value is -0.500. The predicted molar refractivity (Wildman–Crippen MR) is 59.0 cm³/mol. The van der Waals surface area contributed by atoms with Gasteiger partial charge in [-0.1, -0.05) is 25.5 Å². The molecule has 0 aliphatic carbocycles. The van der Waals surface area contributed by atoms with E-state index in [-0.39, 0.29) is 0 Å². The molecule has 0 atom stereocenters. The second kappa shape index (κ2) is 7.17. The Morgan fingerprint density at radius 2 is 2.17 bits per heavy atom. The Morgan fingerprint density at radius 1 is 1.50 bits per heavy atom. The van der Waals surface area contributed by atoms with Gasteiger partial charge in [-0.3, -0.25) is 0 Å². The van der Waals surface area contributed by atoms with E-state index in [1.807, 2.05) is 24.7 Å². The van der Waals surface area contributed by atoms with Gasteiger partial charge in [-0.25, -0.2) is 0 Å². The van der Waals surface area contributed by atoms with E-state index in [0.717, 1.165) is 12.0 Å². The van der Waals surface area contributed by atoms with Crippen molar-refractivity contribution in [3.63, 3.8) is 0 Å². The molecule has 0 radical (unpaired) electrons. The lowest BCUT2D eigenvalue weighted by Gasteiger charge is -1.96. The van der Waals surface area contributed by atoms with E-state index in [1.54, 1.807) is 11.8 Å². The van der Waals surface area contributed by atoms with Crippen molar-refractivity contribution in [1.82, 2.24) is 0 Å². The van der Waals surface area contributed by atoms with Crippen LogP contribution in [-0.2, 0) is 0 Å². The first-order chi connectivity index (χ1) is 5.72. The Kier molecular flexibility index (Phi) is 6.87. The fourth-order valence-electron chi connectivity index (χ4n) is 0.757. The summed E-state index contributed by atoms with van der Waals surface area (Å²) in [6.45, 7) is 3.97. The number of thioether (sulfide) groups is 1. The largest absolute Gasteiger partial charge is 0.305 e. The molecule has 0 aliphatic rings. The van der Waals surface area contributed by atoms with Crippen LogP contribution in [0.2, 0.25) is 0 Å². The molecule has 1 nitrogen and oxygen atoms in total. The second-order valence-electron chi connectivity index (χ2n) is 2.62. The standard InChI is InChI=1S/C10H17NS/c1-4-5-6-7-10(8-12-3)9(2)11/h6-8,11H,4-5H2,1-3H3/b7-6+,10-8+,11-9?. The SMILES string of the molecule is CCC/C=C/C(=C\SC)C(C)=N. The maximum absolute atomic E-state index is 7.46. The molecule has 0 aromatic carbocycles. The van der Waals surface area contributed by atoms with Crippen molar-refractivity contribution in [1.29, 1.82) is 5.41 Å². The Balaban J connectivity index is 4.14. The molecule has 12 heavy (non-hydrogen) atoms. The van der Waals surface area contributed by atoms with E-state index in [2.05, 4.69) is 13.0 Å². The van der Waals surface area contributed by atoms with Crippen molar-refractivity contribution < 1.29 is 0 Å². The second-order valence-corrected chi connectivity index (χ2v) is 3.33. The topological polar surface area (TPSA) is 23.9 Å². The third-order valence-corrected chi connectivity index (χ3v) is 1.92. The van der Waals surface area contributed by atoms with E-state index in [1.165, 1.54) is 6.42 Å². The first-order valence-corrected chi connectivity index (χ1v) is 5.46. The molecule has 0 bridgehead atoms. The maximum atomic E-state index is 7.46. The van der Waals surface area contributed by atoms with Gasteiger partial charge in [-0.2, -0.15) is 0 Å². The summed E-state index contributed by atoms with van der Waals surface area (Å²) in [5.74, 6) is 0. The summed E-state index contributed by atoms with van der Waals surface area (Å²) in [4.78, 5) is 0. The highest BCUT2D eigenvalue weighted by Crippen LogP contribution is 2.07. The van der Waals surface area contributed by atoms with Crippen LogP contribution in [0.1, 0.15) is 26.7 Å². The molecular formula is C10H17NS. The molecule has 0 unspecified atom stereocenters. The van der Waals surface area contributed by atoms with Crippen molar-refractivity contribution in [2.75, 3.05) is 6.26 Å². The quantitative estimate of drug-likeness (QED) is 0.510. The van der Waals surface area contributed by atoms with Gasteiger partial charge in [0.2, 0.25) is 0 Å². The summed E-state index contributed by atoms with van der Waals surface area (Å²) in [6.07, 6.45) is 8.43. The Labute approximate surface area is 79.5 Å². The van der Waals surface area contributed by atoms with Crippen molar-refractivity contribution in [3.05, 3.63) is 23.1 Å². The first kappa shape index (κ1) is 11.5. The van der Waals surface area contributed by atoms with E-state index in [9.17, 15) is 0 Å². The number of rotatable bonds is 5. The van der Waals surface area contributed by atoms with Gasteiger partial charge in [-0.15, -0.1) is 11.8 Å². The van der Waals surface area contributed by atoms with Gasteiger partial charge in [0.1, 0.15) is 0 Å². The third-order valence-electron chi connectivity index (χ3n) is 1.43. The Bertz CT molecular complexity index is 192. The first-order valence-electron chi connectivity index (χ1n) is 4.17. The number of hydrogen-bond donors (Lipinski definition) is 1. The summed E-state index contributed by atoms with van der Waals surface area (Å²) in [5, 5.41) is 9.47. The molecule has 0 aliphatic heterocycles. The van der Waals surface area contributed by atoms with Gasteiger partial charge in [0.25, 0.3) is 0 Å². The minimum absolute atomic E-state index is 0.636. The van der Waals surface area contributed by atoms with Crippen LogP contribution in [0.25, 0.3) is 0 Å². The lowest BCUT2D eigenvalue weighted by atomic mass is 10.2. The normalized spacial score (nSPS) is 12.4. The van der Waals surface area contributed by atoms with Crippen LogP contribution in [-0.4, -0.2) is 12.0 Å². The zero-order valence-corrected chi connectivity index (χ0v) is 8.87. The van der Waals surface area contributed by atoms with Crippen molar-refractivity contribution >= 4 is 17.5 Å². The van der Waals surface area contributed by atoms with Crippen molar-refractivity contribution in [3.8, 4) is 0 Å². The van der Waals surface area contributed by atoms with Gasteiger partial charge < -0.3 is 5.41 Å². The number of unbranched alkanes of at least 4 members (excludes halogenated alkanes) is 1. The zero-order chi connectivity index (χ0) is 9.40. The van der Waals surface area contributed by atoms with Gasteiger partial charge in [0.15, 0.2) is 0 Å². The lowest BCUT2D eigenvalue weighted by molar-refractivity contribution is 0.958. The van der Waals surface area contributed by atoms with Crippen LogP contribution in [0.4, 0.5) is 0 Å². The molecule has 0 rings (SSSR count). The van der Waals surface area contributed by atoms with Gasteiger partial charge in [-0.05, 0) is 25.0 Å². The third kappa shape index (κ3) is 5.19. The average Bonchev–Trinajstić information content (AvgIpc) is 2.03. The van der Waals surface area contributed by atoms with Crippen LogP contribution in [0.3, 0.4) is 0 Å². The maximum Gasteiger partial charge on any atom is 0.0360 e. The van der Waals surface area contributed by atoms with Crippen LogP contribution in [0, 0.1) is 5.41 Å². The summed E-state index contributed by atoms with van der Waals surface area (Å²) >= 11 is 1.64. The molecular weight excluding hydrogens is 166 g/mol.